The summed E-state index contributed by atoms with van der Waals surface area (Å²) in [4.78, 5) is 13.7. The Hall–Kier alpha value is -0.260. The lowest BCUT2D eigenvalue weighted by molar-refractivity contribution is -0.118. The van der Waals surface area contributed by atoms with Crippen molar-refractivity contribution in [3.8, 4) is 0 Å². The molecule has 2 unspecified atom stereocenters. The van der Waals surface area contributed by atoms with Gasteiger partial charge in [-0.25, -0.2) is 0 Å². The molecule has 0 spiro atoms. The third kappa shape index (κ3) is 6.61. The van der Waals surface area contributed by atoms with Crippen LogP contribution in [0.15, 0.2) is 0 Å². The number of carbonyl (C=O) groups excluding carboxylic acids is 1. The molecule has 1 aliphatic heterocycles. The molecule has 0 aromatic heterocycles. The molecule has 1 saturated heterocycles. The minimum absolute atomic E-state index is 0.125. The lowest BCUT2D eigenvalue weighted by Crippen LogP contribution is -2.44. The molecular formula is C13H27N3OS. The molecule has 1 heterocycles. The minimum Gasteiger partial charge on any atom is -0.354 e. The Balaban J connectivity index is 2.03. The Labute approximate surface area is 115 Å². The van der Waals surface area contributed by atoms with E-state index >= 15 is 0 Å². The summed E-state index contributed by atoms with van der Waals surface area (Å²) in [7, 11) is 0. The van der Waals surface area contributed by atoms with Gasteiger partial charge >= 0.3 is 0 Å². The van der Waals surface area contributed by atoms with Crippen molar-refractivity contribution in [1.82, 2.24) is 15.5 Å². The fourth-order valence-electron chi connectivity index (χ4n) is 1.90. The van der Waals surface area contributed by atoms with E-state index in [0.717, 1.165) is 19.0 Å². The van der Waals surface area contributed by atoms with Gasteiger partial charge in [0.15, 0.2) is 0 Å². The van der Waals surface area contributed by atoms with Crippen LogP contribution in [-0.2, 0) is 4.79 Å². The number of hydrogen-bond donors (Lipinski definition) is 2. The van der Waals surface area contributed by atoms with E-state index in [-0.39, 0.29) is 11.4 Å². The molecule has 0 aliphatic carbocycles. The molecule has 0 radical (unpaired) electrons. The summed E-state index contributed by atoms with van der Waals surface area (Å²) in [5, 5.41) is 6.41. The Bertz CT molecular complexity index is 271. The van der Waals surface area contributed by atoms with Crippen LogP contribution in [0.25, 0.3) is 0 Å². The SMILES string of the molecule is CSCC(=O)NCCNC(C)(C)CCN1CC1C. The average molecular weight is 273 g/mol. The molecular weight excluding hydrogens is 246 g/mol. The standard InChI is InChI=1S/C13H27N3OS/c1-11-9-16(11)8-5-13(2,3)15-7-6-14-12(17)10-18-4/h11,15H,5-10H2,1-4H3,(H,14,17). The second kappa shape index (κ2) is 7.36. The maximum atomic E-state index is 11.3. The van der Waals surface area contributed by atoms with Crippen molar-refractivity contribution in [2.24, 2.45) is 0 Å². The fourth-order valence-corrected chi connectivity index (χ4v) is 2.26. The van der Waals surface area contributed by atoms with Gasteiger partial charge in [0.05, 0.1) is 5.75 Å². The first-order valence-electron chi connectivity index (χ1n) is 6.69. The van der Waals surface area contributed by atoms with Gasteiger partial charge < -0.3 is 10.6 Å². The number of hydrogen-bond acceptors (Lipinski definition) is 4. The molecule has 2 N–H and O–H groups in total. The summed E-state index contributed by atoms with van der Waals surface area (Å²) in [5.41, 5.74) is 0.145. The van der Waals surface area contributed by atoms with Crippen molar-refractivity contribution in [1.29, 1.82) is 0 Å². The van der Waals surface area contributed by atoms with E-state index in [1.807, 2.05) is 6.26 Å². The van der Waals surface area contributed by atoms with Gasteiger partial charge in [0.1, 0.15) is 0 Å². The second-order valence-corrected chi connectivity index (χ2v) is 6.55. The summed E-state index contributed by atoms with van der Waals surface area (Å²) in [6.07, 6.45) is 3.09. The Morgan fingerprint density at radius 2 is 2.11 bits per heavy atom. The highest BCUT2D eigenvalue weighted by Gasteiger charge is 2.30. The van der Waals surface area contributed by atoms with E-state index in [1.54, 1.807) is 11.8 Å². The molecule has 1 fully saturated rings. The van der Waals surface area contributed by atoms with E-state index in [4.69, 9.17) is 0 Å². The van der Waals surface area contributed by atoms with E-state index in [1.165, 1.54) is 13.1 Å². The van der Waals surface area contributed by atoms with Crippen LogP contribution in [0.1, 0.15) is 27.2 Å². The third-order valence-electron chi connectivity index (χ3n) is 3.34. The molecule has 1 amide bonds. The molecule has 4 nitrogen and oxygen atoms in total. The van der Waals surface area contributed by atoms with Gasteiger partial charge in [-0.1, -0.05) is 0 Å². The summed E-state index contributed by atoms with van der Waals surface area (Å²) < 4.78 is 0. The van der Waals surface area contributed by atoms with Gasteiger partial charge in [0.2, 0.25) is 5.91 Å². The average Bonchev–Trinajstić information content (AvgIpc) is 2.99. The Morgan fingerprint density at radius 3 is 2.67 bits per heavy atom. The number of nitrogens with one attached hydrogen (secondary N) is 2. The van der Waals surface area contributed by atoms with Crippen LogP contribution < -0.4 is 10.6 Å². The fraction of sp³-hybridized carbons (Fsp3) is 0.923. The van der Waals surface area contributed by atoms with Gasteiger partial charge in [-0.2, -0.15) is 11.8 Å². The molecule has 0 saturated carbocycles. The normalized spacial score (nSPS) is 22.9. The molecule has 0 aromatic rings. The van der Waals surface area contributed by atoms with Crippen LogP contribution in [0.5, 0.6) is 0 Å². The van der Waals surface area contributed by atoms with Crippen LogP contribution in [0.4, 0.5) is 0 Å². The van der Waals surface area contributed by atoms with Crippen LogP contribution in [0.2, 0.25) is 0 Å². The van der Waals surface area contributed by atoms with Crippen LogP contribution in [0, 0.1) is 0 Å². The lowest BCUT2D eigenvalue weighted by atomic mass is 10.0. The highest BCUT2D eigenvalue weighted by Crippen LogP contribution is 2.19. The Kier molecular flexibility index (Phi) is 6.46. The maximum Gasteiger partial charge on any atom is 0.230 e. The highest BCUT2D eigenvalue weighted by atomic mass is 32.2. The quantitative estimate of drug-likeness (QED) is 0.484. The molecule has 2 atom stereocenters. The molecule has 106 valence electrons. The molecule has 5 heteroatoms. The molecule has 0 aromatic carbocycles. The van der Waals surface area contributed by atoms with Gasteiger partial charge in [-0.05, 0) is 33.4 Å². The summed E-state index contributed by atoms with van der Waals surface area (Å²) in [5.74, 6) is 0.677. The van der Waals surface area contributed by atoms with Crippen molar-refractivity contribution in [3.63, 3.8) is 0 Å². The third-order valence-corrected chi connectivity index (χ3v) is 3.89. The zero-order valence-electron chi connectivity index (χ0n) is 12.1. The van der Waals surface area contributed by atoms with E-state index in [0.29, 0.717) is 12.3 Å². The van der Waals surface area contributed by atoms with Gasteiger partial charge in [0, 0.05) is 37.8 Å². The summed E-state index contributed by atoms with van der Waals surface area (Å²) in [6.45, 7) is 10.7. The van der Waals surface area contributed by atoms with Crippen LogP contribution in [-0.4, -0.2) is 60.6 Å². The maximum absolute atomic E-state index is 11.3. The van der Waals surface area contributed by atoms with Crippen molar-refractivity contribution >= 4 is 17.7 Å². The monoisotopic (exact) mass is 273 g/mol. The first-order chi connectivity index (χ1) is 8.44. The highest BCUT2D eigenvalue weighted by molar-refractivity contribution is 7.99. The first-order valence-corrected chi connectivity index (χ1v) is 8.09. The van der Waals surface area contributed by atoms with Crippen LogP contribution in [0.3, 0.4) is 0 Å². The van der Waals surface area contributed by atoms with E-state index in [2.05, 4.69) is 36.3 Å². The smallest absolute Gasteiger partial charge is 0.230 e. The molecule has 0 bridgehead atoms. The molecule has 1 rings (SSSR count). The lowest BCUT2D eigenvalue weighted by Gasteiger charge is -2.27. The summed E-state index contributed by atoms with van der Waals surface area (Å²) in [6, 6.07) is 0.784. The van der Waals surface area contributed by atoms with E-state index in [9.17, 15) is 4.79 Å². The molecule has 18 heavy (non-hydrogen) atoms. The Morgan fingerprint density at radius 1 is 1.44 bits per heavy atom. The van der Waals surface area contributed by atoms with Gasteiger partial charge in [0.25, 0.3) is 0 Å². The number of rotatable bonds is 9. The molecule has 1 aliphatic rings. The number of nitrogens with zero attached hydrogens (tertiary/aromatic N) is 1. The van der Waals surface area contributed by atoms with Gasteiger partial charge in [-0.3, -0.25) is 9.69 Å². The topological polar surface area (TPSA) is 44.1 Å². The second-order valence-electron chi connectivity index (χ2n) is 5.69. The zero-order chi connectivity index (χ0) is 13.6. The summed E-state index contributed by atoms with van der Waals surface area (Å²) >= 11 is 1.55. The predicted octanol–water partition coefficient (Wildman–Crippen LogP) is 0.928. The largest absolute Gasteiger partial charge is 0.354 e. The van der Waals surface area contributed by atoms with E-state index < -0.39 is 0 Å². The van der Waals surface area contributed by atoms with Crippen LogP contribution >= 0.6 is 11.8 Å². The number of thioether (sulfide) groups is 1. The van der Waals surface area contributed by atoms with Crippen molar-refractivity contribution in [2.45, 2.75) is 38.8 Å². The van der Waals surface area contributed by atoms with Gasteiger partial charge in [-0.15, -0.1) is 0 Å². The first kappa shape index (κ1) is 15.8. The zero-order valence-corrected chi connectivity index (χ0v) is 12.9. The minimum atomic E-state index is 0.125. The van der Waals surface area contributed by atoms with Crippen molar-refractivity contribution < 1.29 is 4.79 Å². The predicted molar refractivity (Wildman–Crippen MR) is 79.1 cm³/mol. The number of amides is 1. The number of carbonyl (C=O) groups is 1. The van der Waals surface area contributed by atoms with Crippen molar-refractivity contribution in [2.75, 3.05) is 38.2 Å². The van der Waals surface area contributed by atoms with Crippen molar-refractivity contribution in [3.05, 3.63) is 0 Å².